The Morgan fingerprint density at radius 1 is 1.20 bits per heavy atom. The summed E-state index contributed by atoms with van der Waals surface area (Å²) in [6, 6.07) is 8.70. The zero-order chi connectivity index (χ0) is 21.7. The van der Waals surface area contributed by atoms with Gasteiger partial charge in [0.2, 0.25) is 5.91 Å². The highest BCUT2D eigenvalue weighted by molar-refractivity contribution is 8.26. The first-order chi connectivity index (χ1) is 14.4. The molecule has 9 heteroatoms. The standard InChI is InChI=1S/C21H25N3O4S2/c1-3-28-20(27)17(13-16-7-5-4-6-8-16)24-19(26)18(30-21(24)29)14-22-9-11-23(12-10-22)15(2)25/h4-8,14,17H,3,9-13H2,1-2H3/b18-14-. The summed E-state index contributed by atoms with van der Waals surface area (Å²) >= 11 is 6.66. The van der Waals surface area contributed by atoms with Gasteiger partial charge in [-0.05, 0) is 12.5 Å². The van der Waals surface area contributed by atoms with Crippen LogP contribution in [0.15, 0.2) is 41.4 Å². The van der Waals surface area contributed by atoms with Gasteiger partial charge in [-0.1, -0.05) is 54.3 Å². The highest BCUT2D eigenvalue weighted by Crippen LogP contribution is 2.34. The maximum Gasteiger partial charge on any atom is 0.329 e. The molecule has 2 heterocycles. The summed E-state index contributed by atoms with van der Waals surface area (Å²) in [5.74, 6) is -0.693. The van der Waals surface area contributed by atoms with E-state index in [-0.39, 0.29) is 18.4 Å². The van der Waals surface area contributed by atoms with Gasteiger partial charge in [0.15, 0.2) is 0 Å². The van der Waals surface area contributed by atoms with E-state index in [1.54, 1.807) is 24.9 Å². The topological polar surface area (TPSA) is 70.2 Å². The van der Waals surface area contributed by atoms with E-state index in [9.17, 15) is 14.4 Å². The predicted octanol–water partition coefficient (Wildman–Crippen LogP) is 2.03. The van der Waals surface area contributed by atoms with Crippen LogP contribution >= 0.6 is 24.0 Å². The molecule has 2 saturated heterocycles. The Hall–Kier alpha value is -2.39. The number of piperazine rings is 1. The predicted molar refractivity (Wildman–Crippen MR) is 120 cm³/mol. The van der Waals surface area contributed by atoms with Crippen LogP contribution in [-0.2, 0) is 25.5 Å². The molecule has 1 atom stereocenters. The van der Waals surface area contributed by atoms with Gasteiger partial charge in [0, 0.05) is 45.7 Å². The van der Waals surface area contributed by atoms with E-state index in [1.807, 2.05) is 35.2 Å². The van der Waals surface area contributed by atoms with Crippen LogP contribution in [0.1, 0.15) is 19.4 Å². The minimum atomic E-state index is -0.805. The Balaban J connectivity index is 1.76. The number of ether oxygens (including phenoxy) is 1. The maximum atomic E-state index is 13.2. The second-order valence-corrected chi connectivity index (χ2v) is 8.71. The fourth-order valence-corrected chi connectivity index (χ4v) is 4.79. The number of amides is 2. The second kappa shape index (κ2) is 10.1. The molecular formula is C21H25N3O4S2. The number of esters is 1. The SMILES string of the molecule is CCOC(=O)C(Cc1ccccc1)N1C(=O)/C(=C/N2CCN(C(C)=O)CC2)SC1=S. The van der Waals surface area contributed by atoms with Crippen molar-refractivity contribution < 1.29 is 19.1 Å². The third-order valence-corrected chi connectivity index (χ3v) is 6.34. The van der Waals surface area contributed by atoms with Crippen LogP contribution in [-0.4, -0.2) is 75.6 Å². The van der Waals surface area contributed by atoms with Gasteiger partial charge < -0.3 is 14.5 Å². The van der Waals surface area contributed by atoms with Crippen molar-refractivity contribution in [2.45, 2.75) is 26.3 Å². The lowest BCUT2D eigenvalue weighted by molar-refractivity contribution is -0.150. The van der Waals surface area contributed by atoms with Crippen LogP contribution in [0.4, 0.5) is 0 Å². The van der Waals surface area contributed by atoms with Gasteiger partial charge in [0.1, 0.15) is 10.4 Å². The first kappa shape index (κ1) is 22.3. The Labute approximate surface area is 186 Å². The molecular weight excluding hydrogens is 422 g/mol. The molecule has 1 aromatic carbocycles. The number of nitrogens with zero attached hydrogens (tertiary/aromatic N) is 3. The molecule has 2 fully saturated rings. The van der Waals surface area contributed by atoms with E-state index in [2.05, 4.69) is 0 Å². The van der Waals surface area contributed by atoms with Crippen LogP contribution in [0, 0.1) is 0 Å². The molecule has 1 aromatic rings. The monoisotopic (exact) mass is 447 g/mol. The van der Waals surface area contributed by atoms with Crippen molar-refractivity contribution in [2.24, 2.45) is 0 Å². The Bertz CT molecular complexity index is 851. The molecule has 2 aliphatic heterocycles. The fourth-order valence-electron chi connectivity index (χ4n) is 3.43. The number of carbonyl (C=O) groups excluding carboxylic acids is 3. The van der Waals surface area contributed by atoms with Crippen LogP contribution in [0.3, 0.4) is 0 Å². The normalized spacial score (nSPS) is 19.4. The molecule has 0 saturated carbocycles. The Kier molecular flexibility index (Phi) is 7.49. The lowest BCUT2D eigenvalue weighted by Crippen LogP contribution is -2.47. The highest BCUT2D eigenvalue weighted by Gasteiger charge is 2.41. The average molecular weight is 448 g/mol. The van der Waals surface area contributed by atoms with Crippen molar-refractivity contribution in [1.29, 1.82) is 0 Å². The van der Waals surface area contributed by atoms with E-state index >= 15 is 0 Å². The summed E-state index contributed by atoms with van der Waals surface area (Å²) in [4.78, 5) is 43.0. The number of hydrogen-bond donors (Lipinski definition) is 0. The molecule has 30 heavy (non-hydrogen) atoms. The minimum Gasteiger partial charge on any atom is -0.464 e. The fraction of sp³-hybridized carbons (Fsp3) is 0.429. The van der Waals surface area contributed by atoms with E-state index in [0.29, 0.717) is 41.8 Å². The third-order valence-electron chi connectivity index (χ3n) is 5.03. The summed E-state index contributed by atoms with van der Waals surface area (Å²) < 4.78 is 5.59. The zero-order valence-electron chi connectivity index (χ0n) is 17.1. The minimum absolute atomic E-state index is 0.0548. The zero-order valence-corrected chi connectivity index (χ0v) is 18.7. The average Bonchev–Trinajstić information content (AvgIpc) is 3.00. The lowest BCUT2D eigenvalue weighted by atomic mass is 10.0. The van der Waals surface area contributed by atoms with Crippen molar-refractivity contribution in [3.63, 3.8) is 0 Å². The maximum absolute atomic E-state index is 13.2. The summed E-state index contributed by atoms with van der Waals surface area (Å²) in [6.45, 7) is 6.06. The van der Waals surface area contributed by atoms with Crippen molar-refractivity contribution in [2.75, 3.05) is 32.8 Å². The van der Waals surface area contributed by atoms with Gasteiger partial charge in [0.25, 0.3) is 5.91 Å². The summed E-state index contributed by atoms with van der Waals surface area (Å²) in [5, 5.41) is 0. The van der Waals surface area contributed by atoms with Gasteiger partial charge in [0.05, 0.1) is 11.5 Å². The third kappa shape index (κ3) is 5.20. The quantitative estimate of drug-likeness (QED) is 0.375. The summed E-state index contributed by atoms with van der Waals surface area (Å²) in [5.41, 5.74) is 0.925. The summed E-state index contributed by atoms with van der Waals surface area (Å²) in [7, 11) is 0. The van der Waals surface area contributed by atoms with E-state index < -0.39 is 12.0 Å². The molecule has 0 spiro atoms. The van der Waals surface area contributed by atoms with E-state index in [1.165, 1.54) is 16.7 Å². The molecule has 0 radical (unpaired) electrons. The van der Waals surface area contributed by atoms with Crippen LogP contribution in [0.5, 0.6) is 0 Å². The molecule has 2 aliphatic rings. The molecule has 0 N–H and O–H groups in total. The first-order valence-electron chi connectivity index (χ1n) is 9.88. The van der Waals surface area contributed by atoms with Gasteiger partial charge >= 0.3 is 5.97 Å². The molecule has 0 aromatic heterocycles. The molecule has 0 aliphatic carbocycles. The van der Waals surface area contributed by atoms with Crippen LogP contribution in [0.25, 0.3) is 0 Å². The largest absolute Gasteiger partial charge is 0.464 e. The van der Waals surface area contributed by atoms with Crippen molar-refractivity contribution >= 4 is 46.1 Å². The van der Waals surface area contributed by atoms with Gasteiger partial charge in [-0.3, -0.25) is 14.5 Å². The van der Waals surface area contributed by atoms with Gasteiger partial charge in [-0.25, -0.2) is 4.79 Å². The Morgan fingerprint density at radius 3 is 2.47 bits per heavy atom. The van der Waals surface area contributed by atoms with Gasteiger partial charge in [-0.15, -0.1) is 0 Å². The molecule has 160 valence electrons. The number of thiocarbonyl (C=S) groups is 1. The number of thioether (sulfide) groups is 1. The molecule has 3 rings (SSSR count). The first-order valence-corrected chi connectivity index (χ1v) is 11.1. The number of hydrogen-bond acceptors (Lipinski definition) is 7. The number of benzene rings is 1. The summed E-state index contributed by atoms with van der Waals surface area (Å²) in [6.07, 6.45) is 2.12. The molecule has 1 unspecified atom stereocenters. The Morgan fingerprint density at radius 2 is 1.87 bits per heavy atom. The molecule has 7 nitrogen and oxygen atoms in total. The number of rotatable bonds is 6. The lowest BCUT2D eigenvalue weighted by Gasteiger charge is -2.33. The number of carbonyl (C=O) groups is 3. The van der Waals surface area contributed by atoms with E-state index in [0.717, 1.165) is 5.56 Å². The molecule has 2 amide bonds. The van der Waals surface area contributed by atoms with Gasteiger partial charge in [-0.2, -0.15) is 0 Å². The second-order valence-electron chi connectivity index (χ2n) is 7.04. The van der Waals surface area contributed by atoms with Crippen LogP contribution < -0.4 is 0 Å². The van der Waals surface area contributed by atoms with Crippen molar-refractivity contribution in [3.05, 3.63) is 47.0 Å². The van der Waals surface area contributed by atoms with Crippen molar-refractivity contribution in [1.82, 2.24) is 14.7 Å². The van der Waals surface area contributed by atoms with E-state index in [4.69, 9.17) is 17.0 Å². The van der Waals surface area contributed by atoms with Crippen molar-refractivity contribution in [3.8, 4) is 0 Å². The highest BCUT2D eigenvalue weighted by atomic mass is 32.2. The smallest absolute Gasteiger partial charge is 0.329 e. The molecule has 0 bridgehead atoms. The van der Waals surface area contributed by atoms with Crippen LogP contribution in [0.2, 0.25) is 0 Å².